The maximum Gasteiger partial charge on any atom is 0.248 e. The van der Waals surface area contributed by atoms with Crippen LogP contribution in [0, 0.1) is 12.3 Å². The number of aryl methyl sites for hydroxylation is 2. The van der Waals surface area contributed by atoms with Gasteiger partial charge in [0.05, 0.1) is 21.7 Å². The maximum atomic E-state index is 13.5. The topological polar surface area (TPSA) is 116 Å². The van der Waals surface area contributed by atoms with E-state index in [0.717, 1.165) is 41.0 Å². The molecule has 0 unspecified atom stereocenters. The minimum absolute atomic E-state index is 0.0316. The second kappa shape index (κ2) is 8.70. The molecule has 8 nitrogen and oxygen atoms in total. The Bertz CT molecular complexity index is 1790. The Kier molecular flexibility index (Phi) is 5.54. The van der Waals surface area contributed by atoms with Crippen molar-refractivity contribution in [2.45, 2.75) is 39.5 Å². The average molecular weight is 528 g/mol. The monoisotopic (exact) mass is 527 g/mol. The minimum Gasteiger partial charge on any atom is -0.506 e. The molecule has 0 bridgehead atoms. The summed E-state index contributed by atoms with van der Waals surface area (Å²) in [4.78, 5) is 29.5. The van der Waals surface area contributed by atoms with Crippen molar-refractivity contribution >= 4 is 39.8 Å². The zero-order valence-electron chi connectivity index (χ0n) is 21.0. The number of benzene rings is 2. The van der Waals surface area contributed by atoms with E-state index in [0.29, 0.717) is 40.0 Å². The molecule has 0 fully saturated rings. The van der Waals surface area contributed by atoms with Crippen molar-refractivity contribution < 1.29 is 14.7 Å². The van der Waals surface area contributed by atoms with Crippen LogP contribution in [0.5, 0.6) is 5.75 Å². The van der Waals surface area contributed by atoms with E-state index < -0.39 is 5.91 Å². The van der Waals surface area contributed by atoms with Gasteiger partial charge >= 0.3 is 0 Å². The number of halogens is 1. The molecule has 1 aliphatic rings. The summed E-state index contributed by atoms with van der Waals surface area (Å²) in [7, 11) is 0. The molecule has 38 heavy (non-hydrogen) atoms. The fourth-order valence-corrected chi connectivity index (χ4v) is 5.85. The van der Waals surface area contributed by atoms with Crippen LogP contribution in [0.4, 0.5) is 0 Å². The summed E-state index contributed by atoms with van der Waals surface area (Å²) in [6.45, 7) is 4.07. The molecule has 3 aromatic heterocycles. The Labute approximate surface area is 223 Å². The van der Waals surface area contributed by atoms with Gasteiger partial charge in [0.15, 0.2) is 5.78 Å². The average Bonchev–Trinajstić information content (AvgIpc) is 3.47. The molecule has 5 aromatic rings. The summed E-state index contributed by atoms with van der Waals surface area (Å²) in [5.74, 6) is -0.346. The van der Waals surface area contributed by atoms with Crippen LogP contribution in [0.15, 0.2) is 54.9 Å². The van der Waals surface area contributed by atoms with E-state index >= 15 is 0 Å². The predicted octanol–water partition coefficient (Wildman–Crippen LogP) is 5.21. The highest BCUT2D eigenvalue weighted by molar-refractivity contribution is 6.34. The molecular weight excluding hydrogens is 502 g/mol. The maximum absolute atomic E-state index is 13.5. The molecule has 6 rings (SSSR count). The number of amides is 1. The number of nitrogens with zero attached hydrogens (tertiary/aromatic N) is 4. The number of hydrogen-bond acceptors (Lipinski definition) is 5. The second-order valence-corrected chi connectivity index (χ2v) is 10.9. The van der Waals surface area contributed by atoms with Crippen LogP contribution in [-0.2, 0) is 12.8 Å². The Morgan fingerprint density at radius 2 is 1.97 bits per heavy atom. The van der Waals surface area contributed by atoms with Crippen molar-refractivity contribution in [3.8, 4) is 11.4 Å². The highest BCUT2D eigenvalue weighted by Crippen LogP contribution is 2.42. The molecule has 1 aliphatic carbocycles. The number of imidazole rings is 1. The van der Waals surface area contributed by atoms with Crippen LogP contribution in [0.25, 0.3) is 22.2 Å². The van der Waals surface area contributed by atoms with Gasteiger partial charge in [-0.3, -0.25) is 14.2 Å². The third-order valence-corrected chi connectivity index (χ3v) is 7.96. The summed E-state index contributed by atoms with van der Waals surface area (Å²) < 4.78 is 3.61. The number of ketones is 1. The van der Waals surface area contributed by atoms with E-state index in [4.69, 9.17) is 22.4 Å². The lowest BCUT2D eigenvalue weighted by molar-refractivity contribution is 0.0908. The highest BCUT2D eigenvalue weighted by atomic mass is 35.5. The standard InChI is InChI=1S/C29H26ClN5O3/c1-16-3-8-25(36)27-20-13-29(2,10-9-22(20)33-35(16)27)14-26(37)19-6-5-18(12-21(19)30)34-15-32-23-7-4-17(28(31)38)11-24(23)34/h3-8,11-12,15,36H,9-10,13-14H2,1-2H3,(H2,31,38)/t29-/m1/s1. The zero-order chi connectivity index (χ0) is 26.8. The number of aromatic hydroxyl groups is 1. The van der Waals surface area contributed by atoms with Gasteiger partial charge in [-0.1, -0.05) is 18.5 Å². The van der Waals surface area contributed by atoms with Crippen LogP contribution in [0.1, 0.15) is 57.4 Å². The Morgan fingerprint density at radius 3 is 2.74 bits per heavy atom. The third kappa shape index (κ3) is 3.92. The van der Waals surface area contributed by atoms with Gasteiger partial charge in [-0.25, -0.2) is 9.50 Å². The van der Waals surface area contributed by atoms with E-state index in [-0.39, 0.29) is 16.9 Å². The molecule has 0 aliphatic heterocycles. The number of Topliss-reactive ketones (excluding diaryl/α,β-unsaturated/α-hetero) is 1. The van der Waals surface area contributed by atoms with Gasteiger partial charge in [0.1, 0.15) is 17.6 Å². The van der Waals surface area contributed by atoms with Gasteiger partial charge in [-0.15, -0.1) is 0 Å². The number of carbonyl (C=O) groups excluding carboxylic acids is 2. The zero-order valence-corrected chi connectivity index (χ0v) is 21.8. The Balaban J connectivity index is 1.28. The SMILES string of the molecule is Cc1ccc(O)c2c3c(nn12)CC[C@@](C)(CC(=O)c1ccc(-n2cnc4ccc(C(N)=O)cc42)cc1Cl)C3. The van der Waals surface area contributed by atoms with Gasteiger partial charge in [0.2, 0.25) is 5.91 Å². The fraction of sp³-hybridized carbons (Fsp3) is 0.241. The lowest BCUT2D eigenvalue weighted by Gasteiger charge is -2.32. The van der Waals surface area contributed by atoms with Crippen molar-refractivity contribution in [1.29, 1.82) is 0 Å². The summed E-state index contributed by atoms with van der Waals surface area (Å²) >= 11 is 6.64. The number of aromatic nitrogens is 4. The number of hydrogen-bond donors (Lipinski definition) is 2. The van der Waals surface area contributed by atoms with E-state index in [1.54, 1.807) is 47.2 Å². The molecule has 192 valence electrons. The first-order valence-electron chi connectivity index (χ1n) is 12.4. The van der Waals surface area contributed by atoms with Crippen LogP contribution < -0.4 is 5.73 Å². The molecule has 0 saturated carbocycles. The molecule has 0 spiro atoms. The molecule has 3 N–H and O–H groups in total. The highest BCUT2D eigenvalue weighted by Gasteiger charge is 2.36. The third-order valence-electron chi connectivity index (χ3n) is 7.65. The van der Waals surface area contributed by atoms with Crippen molar-refractivity contribution in [2.75, 3.05) is 0 Å². The molecule has 2 aromatic carbocycles. The molecule has 1 amide bonds. The number of rotatable bonds is 5. The van der Waals surface area contributed by atoms with Gasteiger partial charge in [-0.2, -0.15) is 5.10 Å². The molecule has 3 heterocycles. The predicted molar refractivity (Wildman–Crippen MR) is 145 cm³/mol. The largest absolute Gasteiger partial charge is 0.506 e. The van der Waals surface area contributed by atoms with Crippen LogP contribution in [0.3, 0.4) is 0 Å². The fourth-order valence-electron chi connectivity index (χ4n) is 5.57. The Morgan fingerprint density at radius 1 is 1.16 bits per heavy atom. The number of pyridine rings is 1. The minimum atomic E-state index is -0.517. The summed E-state index contributed by atoms with van der Waals surface area (Å²) in [6.07, 6.45) is 4.18. The first-order chi connectivity index (χ1) is 18.1. The van der Waals surface area contributed by atoms with Crippen molar-refractivity contribution in [1.82, 2.24) is 19.2 Å². The van der Waals surface area contributed by atoms with Gasteiger partial charge in [0, 0.05) is 34.5 Å². The number of nitrogens with two attached hydrogens (primary N) is 1. The molecule has 0 radical (unpaired) electrons. The van der Waals surface area contributed by atoms with E-state index in [1.165, 1.54) is 0 Å². The van der Waals surface area contributed by atoms with E-state index in [1.807, 2.05) is 23.6 Å². The number of primary amides is 1. The first-order valence-corrected chi connectivity index (χ1v) is 12.8. The van der Waals surface area contributed by atoms with Crippen LogP contribution in [-0.4, -0.2) is 36.0 Å². The summed E-state index contributed by atoms with van der Waals surface area (Å²) in [5.41, 5.74) is 11.8. The van der Waals surface area contributed by atoms with E-state index in [2.05, 4.69) is 11.9 Å². The first kappa shape index (κ1) is 24.2. The number of fused-ring (bicyclic) bond motifs is 4. The number of carbonyl (C=O) groups is 2. The van der Waals surface area contributed by atoms with Crippen LogP contribution in [0.2, 0.25) is 5.02 Å². The van der Waals surface area contributed by atoms with Crippen LogP contribution >= 0.6 is 11.6 Å². The lowest BCUT2D eigenvalue weighted by Crippen LogP contribution is -2.28. The van der Waals surface area contributed by atoms with Gasteiger partial charge < -0.3 is 10.8 Å². The van der Waals surface area contributed by atoms with Gasteiger partial charge in [-0.05, 0) is 80.1 Å². The summed E-state index contributed by atoms with van der Waals surface area (Å²) in [5, 5.41) is 15.6. The Hall–Kier alpha value is -4.17. The molecule has 9 heteroatoms. The van der Waals surface area contributed by atoms with E-state index in [9.17, 15) is 14.7 Å². The van der Waals surface area contributed by atoms with Crippen molar-refractivity contribution in [3.05, 3.63) is 88.0 Å². The van der Waals surface area contributed by atoms with Gasteiger partial charge in [0.25, 0.3) is 0 Å². The lowest BCUT2D eigenvalue weighted by atomic mass is 9.71. The van der Waals surface area contributed by atoms with Crippen molar-refractivity contribution in [3.63, 3.8) is 0 Å². The molecule has 0 saturated heterocycles. The molecule has 1 atom stereocenters. The quantitative estimate of drug-likeness (QED) is 0.304. The van der Waals surface area contributed by atoms with Crippen molar-refractivity contribution in [2.24, 2.45) is 11.1 Å². The molecular formula is C29H26ClN5O3. The summed E-state index contributed by atoms with van der Waals surface area (Å²) in [6, 6.07) is 13.9. The normalized spacial score (nSPS) is 17.1. The second-order valence-electron chi connectivity index (χ2n) is 10.5. The smallest absolute Gasteiger partial charge is 0.248 e.